The summed E-state index contributed by atoms with van der Waals surface area (Å²) in [5.41, 5.74) is 0.282. The van der Waals surface area contributed by atoms with E-state index in [1.807, 2.05) is 25.7 Å². The fraction of sp³-hybridized carbons (Fsp3) is 0.500. The Morgan fingerprint density at radius 2 is 1.60 bits per heavy atom. The number of aromatic nitrogens is 3. The number of rotatable bonds is 9. The second-order valence-corrected chi connectivity index (χ2v) is 23.0. The molecule has 0 aliphatic carbocycles. The Morgan fingerprint density at radius 3 is 2.19 bits per heavy atom. The topological polar surface area (TPSA) is 93.2 Å². The van der Waals surface area contributed by atoms with Crippen molar-refractivity contribution in [3.8, 4) is 6.01 Å². The number of fused-ring (bicyclic) bond motifs is 4. The summed E-state index contributed by atoms with van der Waals surface area (Å²) in [6.07, 6.45) is 5.52. The minimum Gasteiger partial charge on any atom is -0.461 e. The molecule has 2 aromatic heterocycles. The van der Waals surface area contributed by atoms with Crippen molar-refractivity contribution in [1.82, 2.24) is 24.8 Å². The lowest BCUT2D eigenvalue weighted by Crippen LogP contribution is -2.67. The molecule has 6 heterocycles. The van der Waals surface area contributed by atoms with Gasteiger partial charge in [-0.3, -0.25) is 9.80 Å². The number of hydrogen-bond donors (Lipinski definition) is 0. The zero-order chi connectivity index (χ0) is 40.3. The lowest BCUT2D eigenvalue weighted by atomic mass is 9.94. The number of hydrogen-bond acceptors (Lipinski definition) is 9. The Labute approximate surface area is 341 Å². The molecule has 4 atom stereocenters. The van der Waals surface area contributed by atoms with Crippen LogP contribution in [-0.4, -0.2) is 101 Å². The zero-order valence-electron chi connectivity index (χ0n) is 33.9. The molecule has 0 radical (unpaired) electrons. The van der Waals surface area contributed by atoms with Crippen LogP contribution in [-0.2, 0) is 9.16 Å². The molecule has 0 spiro atoms. The predicted octanol–water partition coefficient (Wildman–Crippen LogP) is 7.52. The van der Waals surface area contributed by atoms with Crippen molar-refractivity contribution < 1.29 is 23.1 Å². The fourth-order valence-electron chi connectivity index (χ4n) is 9.93. The molecule has 4 aliphatic heterocycles. The highest BCUT2D eigenvalue weighted by atomic mass is 35.5. The van der Waals surface area contributed by atoms with Gasteiger partial charge in [-0.25, -0.2) is 14.2 Å². The Morgan fingerprint density at radius 1 is 0.965 bits per heavy atom. The normalized spacial score (nSPS) is 24.0. The summed E-state index contributed by atoms with van der Waals surface area (Å²) in [6.45, 7) is 19.6. The highest BCUT2D eigenvalue weighted by Crippen LogP contribution is 2.46. The average molecular weight is 813 g/mol. The Kier molecular flexibility index (Phi) is 10.4. The third-order valence-corrected chi connectivity index (χ3v) is 17.6. The number of halogens is 2. The quantitative estimate of drug-likeness (QED) is 0.0967. The van der Waals surface area contributed by atoms with Crippen molar-refractivity contribution in [3.63, 3.8) is 0 Å². The first kappa shape index (κ1) is 39.7. The number of benzene rings is 2. The number of amides is 1. The molecule has 302 valence electrons. The summed E-state index contributed by atoms with van der Waals surface area (Å²) >= 11 is 6.21. The molecule has 4 fully saturated rings. The first-order chi connectivity index (χ1) is 27.1. The Balaban J connectivity index is 1.05. The number of ether oxygens (including phenoxy) is 2. The van der Waals surface area contributed by atoms with Crippen LogP contribution >= 0.6 is 11.6 Å². The largest absolute Gasteiger partial charge is 0.461 e. The minimum atomic E-state index is -2.74. The average Bonchev–Trinajstić information content (AvgIpc) is 3.77. The third-order valence-electron chi connectivity index (χ3n) is 12.3. The van der Waals surface area contributed by atoms with Crippen molar-refractivity contribution >= 4 is 53.1 Å². The summed E-state index contributed by atoms with van der Waals surface area (Å²) in [6, 6.07) is 21.6. The Bertz CT molecular complexity index is 2100. The molecule has 13 heteroatoms. The molecule has 8 rings (SSSR count). The van der Waals surface area contributed by atoms with E-state index in [1.165, 1.54) is 16.6 Å². The van der Waals surface area contributed by atoms with Gasteiger partial charge in [0.2, 0.25) is 0 Å². The highest BCUT2D eigenvalue weighted by molar-refractivity contribution is 6.99. The molecular weight excluding hydrogens is 759 g/mol. The number of pyridine rings is 1. The van der Waals surface area contributed by atoms with Crippen LogP contribution < -0.4 is 20.0 Å². The molecule has 2 aromatic carbocycles. The molecule has 4 aromatic rings. The maximum absolute atomic E-state index is 15.7. The van der Waals surface area contributed by atoms with Crippen LogP contribution in [0.2, 0.25) is 10.2 Å². The van der Waals surface area contributed by atoms with Gasteiger partial charge in [0.25, 0.3) is 8.32 Å². The molecule has 10 nitrogen and oxygen atoms in total. The van der Waals surface area contributed by atoms with Crippen molar-refractivity contribution in [2.45, 2.75) is 108 Å². The second kappa shape index (κ2) is 14.9. The monoisotopic (exact) mass is 812 g/mol. The molecule has 0 unspecified atom stereocenters. The number of carbonyl (C=O) groups is 1. The molecule has 2 bridgehead atoms. The van der Waals surface area contributed by atoms with E-state index in [0.717, 1.165) is 44.2 Å². The van der Waals surface area contributed by atoms with Crippen molar-refractivity contribution in [1.29, 1.82) is 0 Å². The summed E-state index contributed by atoms with van der Waals surface area (Å²) in [4.78, 5) is 33.4. The van der Waals surface area contributed by atoms with E-state index in [9.17, 15) is 4.79 Å². The molecule has 4 saturated heterocycles. The second-order valence-electron chi connectivity index (χ2n) is 18.4. The number of nitrogens with zero attached hydrogens (tertiary/aromatic N) is 6. The van der Waals surface area contributed by atoms with Crippen LogP contribution in [0.25, 0.3) is 10.9 Å². The number of piperazine rings is 1. The van der Waals surface area contributed by atoms with Gasteiger partial charge in [-0.05, 0) is 68.3 Å². The fourth-order valence-corrected chi connectivity index (χ4v) is 14.7. The van der Waals surface area contributed by atoms with Crippen molar-refractivity contribution in [3.05, 3.63) is 90.0 Å². The van der Waals surface area contributed by atoms with Gasteiger partial charge in [0.05, 0.1) is 29.6 Å². The molecule has 0 saturated carbocycles. The lowest BCUT2D eigenvalue weighted by molar-refractivity contribution is 0.0122. The van der Waals surface area contributed by atoms with Gasteiger partial charge < -0.3 is 18.8 Å². The van der Waals surface area contributed by atoms with E-state index >= 15 is 4.39 Å². The summed E-state index contributed by atoms with van der Waals surface area (Å²) in [7, 11) is -2.74. The SMILES string of the molecule is C=C1CN2[C@H](CO[Si](c3ccccc3)(c3ccccc3)C(C)(C)C)CC[C@@]2(COc2nc(N3C[C@H]4CC[C@@H](C3)N4C(=O)OC(C)(C)C)c3cnc(Cl)c(F)c3n2)C1. The van der Waals surface area contributed by atoms with Crippen LogP contribution in [0.5, 0.6) is 6.01 Å². The lowest BCUT2D eigenvalue weighted by Gasteiger charge is -2.44. The number of carbonyl (C=O) groups excluding carboxylic acids is 1. The van der Waals surface area contributed by atoms with Gasteiger partial charge >= 0.3 is 12.1 Å². The smallest absolute Gasteiger partial charge is 0.410 e. The molecule has 0 N–H and O–H groups in total. The van der Waals surface area contributed by atoms with Gasteiger partial charge in [-0.15, -0.1) is 0 Å². The standard InChI is InChI=1S/C44H54ClFN6O4Si/c1-29-22-44(21-20-32(51(44)24-29)27-55-57(43(5,6)7,33-14-10-8-11-15-33)34-16-12-9-13-17-34)28-54-40-48-37-35(23-47-38(45)36(37)46)39(49-40)50-25-30-18-19-31(26-50)52(30)41(53)56-42(2,3)4/h8-17,23,30-32H,1,18-22,24-28H2,2-7H3/t30-,31+,32-,44-/m0/s1. The molecular formula is C44H54ClFN6O4Si. The Hall–Kier alpha value is -4.10. The van der Waals surface area contributed by atoms with Crippen LogP contribution in [0.1, 0.15) is 73.6 Å². The molecule has 4 aliphatic rings. The summed E-state index contributed by atoms with van der Waals surface area (Å²) < 4.78 is 35.5. The summed E-state index contributed by atoms with van der Waals surface area (Å²) in [5, 5.41) is 2.57. The number of anilines is 1. The van der Waals surface area contributed by atoms with Crippen LogP contribution in [0.15, 0.2) is 79.0 Å². The van der Waals surface area contributed by atoms with E-state index in [1.54, 1.807) is 0 Å². The minimum absolute atomic E-state index is 0.0603. The maximum Gasteiger partial charge on any atom is 0.410 e. The first-order valence-electron chi connectivity index (χ1n) is 20.2. The summed E-state index contributed by atoms with van der Waals surface area (Å²) in [5.74, 6) is -0.194. The van der Waals surface area contributed by atoms with E-state index in [0.29, 0.717) is 37.5 Å². The maximum atomic E-state index is 15.7. The molecule has 1 amide bonds. The predicted molar refractivity (Wildman–Crippen MR) is 225 cm³/mol. The van der Waals surface area contributed by atoms with Gasteiger partial charge in [-0.2, -0.15) is 9.97 Å². The zero-order valence-corrected chi connectivity index (χ0v) is 35.7. The first-order valence-corrected chi connectivity index (χ1v) is 22.5. The van der Waals surface area contributed by atoms with Gasteiger partial charge in [0.15, 0.2) is 11.0 Å². The van der Waals surface area contributed by atoms with E-state index in [2.05, 4.69) is 108 Å². The van der Waals surface area contributed by atoms with Crippen LogP contribution in [0, 0.1) is 5.82 Å². The van der Waals surface area contributed by atoms with E-state index < -0.39 is 19.7 Å². The third kappa shape index (κ3) is 7.32. The van der Waals surface area contributed by atoms with E-state index in [-0.39, 0.29) is 51.5 Å². The van der Waals surface area contributed by atoms with Crippen LogP contribution in [0.4, 0.5) is 15.0 Å². The highest BCUT2D eigenvalue weighted by Gasteiger charge is 2.54. The van der Waals surface area contributed by atoms with Gasteiger partial charge in [0.1, 0.15) is 23.5 Å². The molecule has 57 heavy (non-hydrogen) atoms. The van der Waals surface area contributed by atoms with Crippen molar-refractivity contribution in [2.75, 3.05) is 37.7 Å². The van der Waals surface area contributed by atoms with Gasteiger partial charge in [-0.1, -0.05) is 105 Å². The van der Waals surface area contributed by atoms with Crippen LogP contribution in [0.3, 0.4) is 0 Å². The van der Waals surface area contributed by atoms with Crippen molar-refractivity contribution in [2.24, 2.45) is 0 Å². The van der Waals surface area contributed by atoms with E-state index in [4.69, 9.17) is 30.5 Å². The van der Waals surface area contributed by atoms with Gasteiger partial charge in [0, 0.05) is 31.9 Å².